The minimum Gasteiger partial charge on any atom is -0.477 e. The van der Waals surface area contributed by atoms with Gasteiger partial charge in [-0.1, -0.05) is 25.1 Å². The number of sulfonamides is 1. The van der Waals surface area contributed by atoms with Gasteiger partial charge < -0.3 is 9.64 Å². The number of carbonyl (C=O) groups is 1. The number of hydrogen-bond donors (Lipinski definition) is 1. The van der Waals surface area contributed by atoms with E-state index in [1.54, 1.807) is 36.5 Å². The standard InChI is InChI=1S/C27H32BF2N5O4S/c1-19-17-26(2,3)34(18-19)24-21(25(36)33-40(37,38)20-7-5-4-6-8-20)9-10-22(31-24)35-15-11-23(32-35)39-16-14-27(12-13-27)28(29)30/h4-11,15,19H,12-14,16-18H2,1-3H3,(H,33,36)/t19-/m0/s1. The Kier molecular flexibility index (Phi) is 7.36. The monoisotopic (exact) mass is 571 g/mol. The van der Waals surface area contributed by atoms with E-state index in [1.807, 2.05) is 4.90 Å². The Hall–Kier alpha value is -3.48. The van der Waals surface area contributed by atoms with Crippen LogP contribution in [0.15, 0.2) is 59.6 Å². The molecular formula is C27H32BF2N5O4S. The highest BCUT2D eigenvalue weighted by atomic mass is 32.2. The topological polar surface area (TPSA) is 106 Å². The Bertz CT molecular complexity index is 1500. The molecule has 13 heteroatoms. The number of hydrogen-bond acceptors (Lipinski definition) is 7. The summed E-state index contributed by atoms with van der Waals surface area (Å²) < 4.78 is 61.4. The van der Waals surface area contributed by atoms with Crippen LogP contribution in [0.1, 0.15) is 56.8 Å². The van der Waals surface area contributed by atoms with Crippen molar-refractivity contribution in [3.8, 4) is 11.7 Å². The molecule has 9 nitrogen and oxygen atoms in total. The maximum absolute atomic E-state index is 13.4. The molecule has 2 aromatic heterocycles. The molecule has 1 N–H and O–H groups in total. The summed E-state index contributed by atoms with van der Waals surface area (Å²) in [6.07, 6.45) is 3.78. The van der Waals surface area contributed by atoms with Gasteiger partial charge in [0.05, 0.1) is 17.1 Å². The van der Waals surface area contributed by atoms with E-state index in [2.05, 4.69) is 30.6 Å². The molecule has 212 valence electrons. The molecule has 1 aromatic carbocycles. The van der Waals surface area contributed by atoms with Gasteiger partial charge in [-0.25, -0.2) is 22.8 Å². The van der Waals surface area contributed by atoms with Crippen molar-refractivity contribution in [3.63, 3.8) is 0 Å². The molecular weight excluding hydrogens is 539 g/mol. The zero-order valence-corrected chi connectivity index (χ0v) is 23.5. The minimum atomic E-state index is -4.09. The van der Waals surface area contributed by atoms with Crippen LogP contribution in [0.2, 0.25) is 5.31 Å². The van der Waals surface area contributed by atoms with Crippen LogP contribution in [0.4, 0.5) is 14.4 Å². The van der Waals surface area contributed by atoms with Crippen molar-refractivity contribution in [2.45, 2.75) is 62.2 Å². The van der Waals surface area contributed by atoms with Gasteiger partial charge in [0.1, 0.15) is 5.82 Å². The molecule has 0 radical (unpaired) electrons. The number of nitrogens with zero attached hydrogens (tertiary/aromatic N) is 4. The van der Waals surface area contributed by atoms with E-state index in [9.17, 15) is 21.8 Å². The molecule has 3 heterocycles. The largest absolute Gasteiger partial charge is 0.544 e. The minimum absolute atomic E-state index is 0.0187. The second-order valence-electron chi connectivity index (χ2n) is 11.4. The number of amides is 1. The molecule has 1 aliphatic carbocycles. The summed E-state index contributed by atoms with van der Waals surface area (Å²) in [6, 6.07) is 12.4. The first-order chi connectivity index (χ1) is 18.9. The average Bonchev–Trinajstić information content (AvgIpc) is 3.45. The Morgan fingerprint density at radius 2 is 1.88 bits per heavy atom. The van der Waals surface area contributed by atoms with Gasteiger partial charge in [0.25, 0.3) is 15.9 Å². The lowest BCUT2D eigenvalue weighted by Crippen LogP contribution is -2.41. The van der Waals surface area contributed by atoms with Crippen LogP contribution < -0.4 is 14.4 Å². The highest BCUT2D eigenvalue weighted by Crippen LogP contribution is 2.59. The van der Waals surface area contributed by atoms with Gasteiger partial charge in [-0.05, 0) is 69.7 Å². The first-order valence-corrected chi connectivity index (χ1v) is 14.8. The molecule has 2 fully saturated rings. The van der Waals surface area contributed by atoms with Crippen molar-refractivity contribution in [1.82, 2.24) is 19.5 Å². The first-order valence-electron chi connectivity index (χ1n) is 13.3. The van der Waals surface area contributed by atoms with Crippen LogP contribution in [-0.2, 0) is 10.0 Å². The second kappa shape index (κ2) is 10.5. The Balaban J connectivity index is 1.41. The summed E-state index contributed by atoms with van der Waals surface area (Å²) in [4.78, 5) is 20.1. The van der Waals surface area contributed by atoms with Gasteiger partial charge >= 0.3 is 7.27 Å². The highest BCUT2D eigenvalue weighted by molar-refractivity contribution is 7.90. The smallest absolute Gasteiger partial charge is 0.477 e. The fourth-order valence-corrected chi connectivity index (χ4v) is 6.34. The lowest BCUT2D eigenvalue weighted by Gasteiger charge is -2.34. The fraction of sp³-hybridized carbons (Fsp3) is 0.444. The van der Waals surface area contributed by atoms with Crippen molar-refractivity contribution in [2.24, 2.45) is 5.92 Å². The van der Waals surface area contributed by atoms with Crippen LogP contribution >= 0.6 is 0 Å². The molecule has 0 unspecified atom stereocenters. The third-order valence-corrected chi connectivity index (χ3v) is 9.07. The molecule has 5 rings (SSSR count). The van der Waals surface area contributed by atoms with Gasteiger partial charge in [-0.2, -0.15) is 0 Å². The summed E-state index contributed by atoms with van der Waals surface area (Å²) in [5.41, 5.74) is -0.212. The molecule has 1 aliphatic heterocycles. The molecule has 3 aromatic rings. The van der Waals surface area contributed by atoms with Crippen molar-refractivity contribution in [2.75, 3.05) is 18.1 Å². The number of rotatable bonds is 10. The van der Waals surface area contributed by atoms with Crippen molar-refractivity contribution in [1.29, 1.82) is 0 Å². The van der Waals surface area contributed by atoms with Crippen molar-refractivity contribution >= 4 is 29.0 Å². The van der Waals surface area contributed by atoms with E-state index in [1.165, 1.54) is 22.9 Å². The molecule has 1 saturated heterocycles. The molecule has 40 heavy (non-hydrogen) atoms. The second-order valence-corrected chi connectivity index (χ2v) is 13.1. The Labute approximate surface area is 233 Å². The number of aromatic nitrogens is 3. The number of ether oxygens (including phenoxy) is 1. The van der Waals surface area contributed by atoms with Gasteiger partial charge in [0.15, 0.2) is 5.82 Å². The van der Waals surface area contributed by atoms with Crippen LogP contribution in [0.25, 0.3) is 5.82 Å². The van der Waals surface area contributed by atoms with Gasteiger partial charge in [-0.15, -0.1) is 5.10 Å². The lowest BCUT2D eigenvalue weighted by atomic mass is 9.72. The van der Waals surface area contributed by atoms with E-state index in [0.29, 0.717) is 36.9 Å². The number of pyridine rings is 1. The average molecular weight is 571 g/mol. The predicted octanol–water partition coefficient (Wildman–Crippen LogP) is 4.74. The van der Waals surface area contributed by atoms with Gasteiger partial charge in [0, 0.05) is 29.7 Å². The van der Waals surface area contributed by atoms with Crippen LogP contribution in [0.5, 0.6) is 5.88 Å². The summed E-state index contributed by atoms with van der Waals surface area (Å²) in [5, 5.41) is 3.46. The maximum atomic E-state index is 13.4. The number of halogens is 2. The maximum Gasteiger partial charge on any atom is 0.544 e. The third-order valence-electron chi connectivity index (χ3n) is 7.72. The molecule has 1 atom stereocenters. The normalized spacial score (nSPS) is 19.3. The third kappa shape index (κ3) is 5.70. The quantitative estimate of drug-likeness (QED) is 0.351. The zero-order chi connectivity index (χ0) is 28.7. The Morgan fingerprint density at radius 3 is 2.50 bits per heavy atom. The summed E-state index contributed by atoms with van der Waals surface area (Å²) in [7, 11) is -6.45. The molecule has 2 aliphatic rings. The molecule has 0 bridgehead atoms. The highest BCUT2D eigenvalue weighted by Gasteiger charge is 2.54. The number of benzene rings is 1. The van der Waals surface area contributed by atoms with E-state index in [4.69, 9.17) is 9.72 Å². The number of carbonyl (C=O) groups excluding carboxylic acids is 1. The van der Waals surface area contributed by atoms with Crippen molar-refractivity contribution in [3.05, 3.63) is 60.3 Å². The summed E-state index contributed by atoms with van der Waals surface area (Å²) in [6.45, 7) is 6.99. The van der Waals surface area contributed by atoms with Gasteiger partial charge in [-0.3, -0.25) is 13.4 Å². The fourth-order valence-electron chi connectivity index (χ4n) is 5.35. The van der Waals surface area contributed by atoms with E-state index < -0.39 is 28.5 Å². The molecule has 1 amide bonds. The Morgan fingerprint density at radius 1 is 1.15 bits per heavy atom. The van der Waals surface area contributed by atoms with E-state index in [-0.39, 0.29) is 34.9 Å². The first kappa shape index (κ1) is 28.1. The zero-order valence-electron chi connectivity index (χ0n) is 22.7. The lowest BCUT2D eigenvalue weighted by molar-refractivity contribution is 0.0981. The van der Waals surface area contributed by atoms with Crippen LogP contribution in [0.3, 0.4) is 0 Å². The summed E-state index contributed by atoms with van der Waals surface area (Å²) >= 11 is 0. The van der Waals surface area contributed by atoms with Gasteiger partial charge in [0.2, 0.25) is 5.88 Å². The van der Waals surface area contributed by atoms with Crippen LogP contribution in [-0.4, -0.2) is 55.0 Å². The van der Waals surface area contributed by atoms with Crippen molar-refractivity contribution < 1.29 is 26.6 Å². The van der Waals surface area contributed by atoms with E-state index >= 15 is 0 Å². The number of nitrogens with one attached hydrogen (secondary N) is 1. The molecule has 0 spiro atoms. The predicted molar refractivity (Wildman–Crippen MR) is 148 cm³/mol. The summed E-state index contributed by atoms with van der Waals surface area (Å²) in [5.74, 6) is 0.564. The van der Waals surface area contributed by atoms with Crippen LogP contribution in [0, 0.1) is 5.92 Å². The SMILES string of the molecule is C[C@@H]1CN(c2nc(-n3ccc(OCCC4(B(F)F)CC4)n3)ccc2C(=O)NS(=O)(=O)c2ccccc2)C(C)(C)C1. The molecule has 1 saturated carbocycles. The van der Waals surface area contributed by atoms with E-state index in [0.717, 1.165) is 6.42 Å². The number of anilines is 1.